The standard InChI is InChI=1S/C11H14N2O3/c14-10(15)11(16)3-4-13-8(5-11)6-12-9(13)7-1-2-7/h6-7,16H,1-5H2,(H,14,15). The summed E-state index contributed by atoms with van der Waals surface area (Å²) in [5, 5.41) is 18.9. The van der Waals surface area contributed by atoms with Gasteiger partial charge in [0.2, 0.25) is 0 Å². The van der Waals surface area contributed by atoms with Crippen molar-refractivity contribution in [3.63, 3.8) is 0 Å². The summed E-state index contributed by atoms with van der Waals surface area (Å²) in [5.74, 6) is 0.500. The van der Waals surface area contributed by atoms with E-state index in [9.17, 15) is 9.90 Å². The maximum Gasteiger partial charge on any atom is 0.336 e. The molecule has 0 radical (unpaired) electrons. The van der Waals surface area contributed by atoms with Crippen molar-refractivity contribution in [3.05, 3.63) is 17.7 Å². The normalized spacial score (nSPS) is 28.8. The van der Waals surface area contributed by atoms with E-state index in [1.807, 2.05) is 0 Å². The van der Waals surface area contributed by atoms with E-state index in [1.54, 1.807) is 6.20 Å². The predicted octanol–water partition coefficient (Wildman–Crippen LogP) is 0.522. The van der Waals surface area contributed by atoms with Crippen LogP contribution in [0.4, 0.5) is 0 Å². The fraction of sp³-hybridized carbons (Fsp3) is 0.636. The second-order valence-corrected chi connectivity index (χ2v) is 4.80. The van der Waals surface area contributed by atoms with Gasteiger partial charge in [-0.25, -0.2) is 9.78 Å². The number of nitrogens with zero attached hydrogens (tertiary/aromatic N) is 2. The molecule has 86 valence electrons. The molecule has 0 spiro atoms. The lowest BCUT2D eigenvalue weighted by Crippen LogP contribution is -2.45. The summed E-state index contributed by atoms with van der Waals surface area (Å²) < 4.78 is 2.08. The van der Waals surface area contributed by atoms with Gasteiger partial charge < -0.3 is 14.8 Å². The Balaban J connectivity index is 1.93. The third-order valence-corrected chi connectivity index (χ3v) is 3.53. The molecule has 0 saturated heterocycles. The summed E-state index contributed by atoms with van der Waals surface area (Å²) in [6, 6.07) is 0. The number of carboxylic acids is 1. The van der Waals surface area contributed by atoms with Crippen molar-refractivity contribution in [3.8, 4) is 0 Å². The summed E-state index contributed by atoms with van der Waals surface area (Å²) in [6.07, 6.45) is 4.51. The van der Waals surface area contributed by atoms with Crippen molar-refractivity contribution >= 4 is 5.97 Å². The van der Waals surface area contributed by atoms with Crippen molar-refractivity contribution in [2.75, 3.05) is 0 Å². The number of hydrogen-bond donors (Lipinski definition) is 2. The molecule has 2 heterocycles. The minimum absolute atomic E-state index is 0.169. The molecule has 1 saturated carbocycles. The van der Waals surface area contributed by atoms with Gasteiger partial charge in [0.05, 0.1) is 0 Å². The fourth-order valence-electron chi connectivity index (χ4n) is 2.36. The molecule has 16 heavy (non-hydrogen) atoms. The molecule has 2 aliphatic rings. The number of aliphatic hydroxyl groups is 1. The molecule has 1 unspecified atom stereocenters. The van der Waals surface area contributed by atoms with Crippen LogP contribution in [0.2, 0.25) is 0 Å². The second kappa shape index (κ2) is 3.07. The molecule has 1 fully saturated rings. The number of carboxylic acid groups (broad SMARTS) is 1. The van der Waals surface area contributed by atoms with Gasteiger partial charge in [0.1, 0.15) is 5.82 Å². The van der Waals surface area contributed by atoms with Crippen LogP contribution in [0.25, 0.3) is 0 Å². The highest BCUT2D eigenvalue weighted by atomic mass is 16.4. The van der Waals surface area contributed by atoms with Gasteiger partial charge in [-0.2, -0.15) is 0 Å². The van der Waals surface area contributed by atoms with E-state index in [0.29, 0.717) is 12.5 Å². The van der Waals surface area contributed by atoms with Crippen LogP contribution < -0.4 is 0 Å². The highest BCUT2D eigenvalue weighted by Crippen LogP contribution is 2.41. The van der Waals surface area contributed by atoms with Gasteiger partial charge in [-0.1, -0.05) is 0 Å². The molecule has 0 aromatic carbocycles. The van der Waals surface area contributed by atoms with E-state index in [4.69, 9.17) is 5.11 Å². The number of aromatic nitrogens is 2. The average Bonchev–Trinajstić information content (AvgIpc) is 2.99. The monoisotopic (exact) mass is 222 g/mol. The van der Waals surface area contributed by atoms with Crippen LogP contribution in [0.3, 0.4) is 0 Å². The quantitative estimate of drug-likeness (QED) is 0.765. The Kier molecular flexibility index (Phi) is 1.89. The highest BCUT2D eigenvalue weighted by Gasteiger charge is 2.41. The van der Waals surface area contributed by atoms with Gasteiger partial charge in [-0.05, 0) is 12.8 Å². The maximum atomic E-state index is 11.0. The Morgan fingerprint density at radius 1 is 1.56 bits per heavy atom. The summed E-state index contributed by atoms with van der Waals surface area (Å²) >= 11 is 0. The third-order valence-electron chi connectivity index (χ3n) is 3.53. The summed E-state index contributed by atoms with van der Waals surface area (Å²) in [5.41, 5.74) is -0.755. The van der Waals surface area contributed by atoms with Crippen LogP contribution in [0.1, 0.15) is 36.7 Å². The summed E-state index contributed by atoms with van der Waals surface area (Å²) in [6.45, 7) is 0.559. The molecule has 1 aromatic heterocycles. The van der Waals surface area contributed by atoms with Gasteiger partial charge in [0, 0.05) is 37.2 Å². The van der Waals surface area contributed by atoms with Gasteiger partial charge in [-0.15, -0.1) is 0 Å². The first-order valence-corrected chi connectivity index (χ1v) is 5.60. The largest absolute Gasteiger partial charge is 0.479 e. The Morgan fingerprint density at radius 2 is 2.31 bits per heavy atom. The first-order chi connectivity index (χ1) is 7.60. The molecule has 1 atom stereocenters. The first-order valence-electron chi connectivity index (χ1n) is 5.60. The number of hydrogen-bond acceptors (Lipinski definition) is 3. The molecule has 2 N–H and O–H groups in total. The Hall–Kier alpha value is -1.36. The fourth-order valence-corrected chi connectivity index (χ4v) is 2.36. The molecule has 0 amide bonds. The van der Waals surface area contributed by atoms with Crippen molar-refractivity contribution < 1.29 is 15.0 Å². The van der Waals surface area contributed by atoms with E-state index in [2.05, 4.69) is 9.55 Å². The van der Waals surface area contributed by atoms with Crippen LogP contribution in [0.5, 0.6) is 0 Å². The van der Waals surface area contributed by atoms with E-state index in [-0.39, 0.29) is 12.8 Å². The zero-order valence-corrected chi connectivity index (χ0v) is 8.89. The molecular weight excluding hydrogens is 208 g/mol. The van der Waals surface area contributed by atoms with Crippen LogP contribution in [-0.4, -0.2) is 31.3 Å². The second-order valence-electron chi connectivity index (χ2n) is 4.80. The molecular formula is C11H14N2O3. The third kappa shape index (κ3) is 1.35. The van der Waals surface area contributed by atoms with Gasteiger partial charge in [0.25, 0.3) is 0 Å². The van der Waals surface area contributed by atoms with Crippen molar-refractivity contribution in [1.82, 2.24) is 9.55 Å². The maximum absolute atomic E-state index is 11.0. The Morgan fingerprint density at radius 3 is 2.94 bits per heavy atom. The Labute approximate surface area is 92.7 Å². The minimum atomic E-state index is -1.60. The van der Waals surface area contributed by atoms with Gasteiger partial charge in [-0.3, -0.25) is 0 Å². The minimum Gasteiger partial charge on any atom is -0.479 e. The van der Waals surface area contributed by atoms with Crippen molar-refractivity contribution in [2.24, 2.45) is 0 Å². The number of carbonyl (C=O) groups is 1. The number of aliphatic carboxylic acids is 1. The highest BCUT2D eigenvalue weighted by molar-refractivity contribution is 5.77. The van der Waals surface area contributed by atoms with Crippen molar-refractivity contribution in [2.45, 2.75) is 43.7 Å². The number of rotatable bonds is 2. The van der Waals surface area contributed by atoms with Gasteiger partial charge >= 0.3 is 5.97 Å². The van der Waals surface area contributed by atoms with E-state index in [1.165, 1.54) is 12.8 Å². The van der Waals surface area contributed by atoms with Crippen LogP contribution in [-0.2, 0) is 17.8 Å². The van der Waals surface area contributed by atoms with E-state index in [0.717, 1.165) is 11.5 Å². The summed E-state index contributed by atoms with van der Waals surface area (Å²) in [7, 11) is 0. The van der Waals surface area contributed by atoms with Crippen LogP contribution >= 0.6 is 0 Å². The average molecular weight is 222 g/mol. The lowest BCUT2D eigenvalue weighted by molar-refractivity contribution is -0.160. The first kappa shape index (κ1) is 9.84. The van der Waals surface area contributed by atoms with Crippen LogP contribution in [0.15, 0.2) is 6.20 Å². The topological polar surface area (TPSA) is 75.3 Å². The van der Waals surface area contributed by atoms with Crippen molar-refractivity contribution in [1.29, 1.82) is 0 Å². The predicted molar refractivity (Wildman–Crippen MR) is 55.1 cm³/mol. The molecule has 1 aromatic rings. The number of fused-ring (bicyclic) bond motifs is 1. The zero-order valence-electron chi connectivity index (χ0n) is 8.89. The van der Waals surface area contributed by atoms with E-state index >= 15 is 0 Å². The summed E-state index contributed by atoms with van der Waals surface area (Å²) in [4.78, 5) is 15.3. The molecule has 3 rings (SSSR count). The zero-order chi connectivity index (χ0) is 11.3. The lowest BCUT2D eigenvalue weighted by atomic mass is 9.91. The molecule has 5 nitrogen and oxygen atoms in total. The van der Waals surface area contributed by atoms with Crippen LogP contribution in [0, 0.1) is 0 Å². The lowest BCUT2D eigenvalue weighted by Gasteiger charge is -2.29. The molecule has 5 heteroatoms. The Bertz CT molecular complexity index is 450. The smallest absolute Gasteiger partial charge is 0.336 e. The van der Waals surface area contributed by atoms with Gasteiger partial charge in [0.15, 0.2) is 5.60 Å². The molecule has 1 aliphatic carbocycles. The molecule has 0 bridgehead atoms. The number of imidazole rings is 1. The van der Waals surface area contributed by atoms with E-state index < -0.39 is 11.6 Å². The SMILES string of the molecule is O=C(O)C1(O)CCn2c(cnc2C2CC2)C1. The molecule has 1 aliphatic heterocycles.